The maximum atomic E-state index is 10.8. The lowest BCUT2D eigenvalue weighted by atomic mass is 9.94. The summed E-state index contributed by atoms with van der Waals surface area (Å²) in [5.74, 6) is -0.550. The van der Waals surface area contributed by atoms with Gasteiger partial charge in [0.05, 0.1) is 13.2 Å². The van der Waals surface area contributed by atoms with Gasteiger partial charge in [-0.05, 0) is 31.0 Å². The van der Waals surface area contributed by atoms with Gasteiger partial charge in [-0.3, -0.25) is 4.79 Å². The maximum Gasteiger partial charge on any atom is 0.322 e. The minimum atomic E-state index is -1.15. The summed E-state index contributed by atoms with van der Waals surface area (Å²) in [6.07, 6.45) is 0. The predicted octanol–water partition coefficient (Wildman–Crippen LogP) is 0.724. The van der Waals surface area contributed by atoms with E-state index >= 15 is 0 Å². The molecular weight excluding hydrogens is 220 g/mol. The van der Waals surface area contributed by atoms with Gasteiger partial charge in [-0.2, -0.15) is 0 Å². The highest BCUT2D eigenvalue weighted by atomic mass is 16.5. The van der Waals surface area contributed by atoms with Crippen molar-refractivity contribution < 1.29 is 14.6 Å². The molecule has 0 amide bonds. The molecule has 5 N–H and O–H groups in total. The van der Waals surface area contributed by atoms with Crippen LogP contribution in [0.3, 0.4) is 0 Å². The van der Waals surface area contributed by atoms with Gasteiger partial charge < -0.3 is 21.3 Å². The molecule has 0 aliphatic rings. The Morgan fingerprint density at radius 1 is 1.35 bits per heavy atom. The molecule has 0 aliphatic carbocycles. The van der Waals surface area contributed by atoms with E-state index in [1.54, 1.807) is 0 Å². The van der Waals surface area contributed by atoms with E-state index < -0.39 is 18.1 Å². The van der Waals surface area contributed by atoms with E-state index in [-0.39, 0.29) is 0 Å². The van der Waals surface area contributed by atoms with E-state index in [1.165, 1.54) is 7.11 Å². The van der Waals surface area contributed by atoms with Crippen LogP contribution in [0.2, 0.25) is 0 Å². The minimum Gasteiger partial charge on any atom is -0.496 e. The Bertz CT molecular complexity index is 432. The van der Waals surface area contributed by atoms with Crippen LogP contribution in [0.4, 0.5) is 0 Å². The lowest BCUT2D eigenvalue weighted by molar-refractivity contribution is -0.139. The molecule has 0 aromatic heterocycles. The van der Waals surface area contributed by atoms with Gasteiger partial charge in [0.2, 0.25) is 0 Å². The van der Waals surface area contributed by atoms with Crippen molar-refractivity contribution >= 4 is 5.97 Å². The average molecular weight is 238 g/mol. The molecule has 0 saturated carbocycles. The van der Waals surface area contributed by atoms with Crippen molar-refractivity contribution in [1.82, 2.24) is 0 Å². The Morgan fingerprint density at radius 2 is 1.94 bits per heavy atom. The average Bonchev–Trinajstić information content (AvgIpc) is 2.25. The highest BCUT2D eigenvalue weighted by Crippen LogP contribution is 2.30. The van der Waals surface area contributed by atoms with Gasteiger partial charge >= 0.3 is 5.97 Å². The van der Waals surface area contributed by atoms with Gasteiger partial charge in [0.25, 0.3) is 0 Å². The number of rotatable bonds is 4. The van der Waals surface area contributed by atoms with Crippen molar-refractivity contribution in [2.24, 2.45) is 11.5 Å². The summed E-state index contributed by atoms with van der Waals surface area (Å²) in [5.41, 5.74) is 14.0. The number of hydrogen-bond acceptors (Lipinski definition) is 4. The molecule has 0 spiro atoms. The number of aryl methyl sites for hydroxylation is 2. The van der Waals surface area contributed by atoms with E-state index in [4.69, 9.17) is 21.3 Å². The third-order valence-corrected chi connectivity index (χ3v) is 2.72. The molecule has 1 rings (SSSR count). The molecular formula is C12H18N2O3. The van der Waals surface area contributed by atoms with Crippen LogP contribution in [0.1, 0.15) is 22.7 Å². The van der Waals surface area contributed by atoms with E-state index in [0.717, 1.165) is 11.1 Å². The topological polar surface area (TPSA) is 98.6 Å². The van der Waals surface area contributed by atoms with E-state index in [0.29, 0.717) is 11.3 Å². The highest BCUT2D eigenvalue weighted by molar-refractivity contribution is 5.75. The number of carboxylic acid groups (broad SMARTS) is 1. The fourth-order valence-corrected chi connectivity index (χ4v) is 1.87. The SMILES string of the molecule is COc1cc(C)cc(C)c1C(N)C(N)C(=O)O. The van der Waals surface area contributed by atoms with Crippen molar-refractivity contribution in [3.8, 4) is 5.75 Å². The first-order valence-corrected chi connectivity index (χ1v) is 5.27. The van der Waals surface area contributed by atoms with Crippen LogP contribution >= 0.6 is 0 Å². The van der Waals surface area contributed by atoms with Crippen molar-refractivity contribution in [2.45, 2.75) is 25.9 Å². The van der Waals surface area contributed by atoms with Gasteiger partial charge in [0, 0.05) is 5.56 Å². The predicted molar refractivity (Wildman–Crippen MR) is 65.0 cm³/mol. The summed E-state index contributed by atoms with van der Waals surface area (Å²) in [6.45, 7) is 3.79. The summed E-state index contributed by atoms with van der Waals surface area (Å²) in [5, 5.41) is 8.88. The smallest absolute Gasteiger partial charge is 0.322 e. The zero-order chi connectivity index (χ0) is 13.2. The van der Waals surface area contributed by atoms with Crippen molar-refractivity contribution in [1.29, 1.82) is 0 Å². The quantitative estimate of drug-likeness (QED) is 0.718. The number of ether oxygens (including phenoxy) is 1. The normalized spacial score (nSPS) is 14.2. The Hall–Kier alpha value is -1.59. The third kappa shape index (κ3) is 2.75. The van der Waals surface area contributed by atoms with Crippen LogP contribution in [-0.4, -0.2) is 24.2 Å². The van der Waals surface area contributed by atoms with Gasteiger partial charge in [-0.1, -0.05) is 6.07 Å². The number of carboxylic acids is 1. The molecule has 0 radical (unpaired) electrons. The van der Waals surface area contributed by atoms with Crippen LogP contribution in [0.25, 0.3) is 0 Å². The second-order valence-corrected chi connectivity index (χ2v) is 4.09. The third-order valence-electron chi connectivity index (χ3n) is 2.72. The number of methoxy groups -OCH3 is 1. The molecule has 5 heteroatoms. The standard InChI is InChI=1S/C12H18N2O3/c1-6-4-7(2)9(8(5-6)17-3)10(13)11(14)12(15)16/h4-5,10-11H,13-14H2,1-3H3,(H,15,16). The second-order valence-electron chi connectivity index (χ2n) is 4.09. The molecule has 94 valence electrons. The molecule has 1 aromatic carbocycles. The Morgan fingerprint density at radius 3 is 2.41 bits per heavy atom. The largest absolute Gasteiger partial charge is 0.496 e. The Labute approximate surface area is 100 Å². The maximum absolute atomic E-state index is 10.8. The van der Waals surface area contributed by atoms with E-state index in [9.17, 15) is 4.79 Å². The van der Waals surface area contributed by atoms with Crippen LogP contribution in [-0.2, 0) is 4.79 Å². The number of benzene rings is 1. The molecule has 2 unspecified atom stereocenters. The van der Waals surface area contributed by atoms with Crippen LogP contribution in [0, 0.1) is 13.8 Å². The summed E-state index contributed by atoms with van der Waals surface area (Å²) in [6, 6.07) is 1.80. The van der Waals surface area contributed by atoms with Gasteiger partial charge in [-0.25, -0.2) is 0 Å². The molecule has 17 heavy (non-hydrogen) atoms. The van der Waals surface area contributed by atoms with E-state index in [1.807, 2.05) is 26.0 Å². The number of hydrogen-bond donors (Lipinski definition) is 3. The number of carbonyl (C=O) groups is 1. The first-order chi connectivity index (χ1) is 7.88. The molecule has 0 fully saturated rings. The molecule has 5 nitrogen and oxygen atoms in total. The van der Waals surface area contributed by atoms with Crippen molar-refractivity contribution in [3.63, 3.8) is 0 Å². The highest BCUT2D eigenvalue weighted by Gasteiger charge is 2.26. The van der Waals surface area contributed by atoms with Gasteiger partial charge in [0.15, 0.2) is 0 Å². The molecule has 2 atom stereocenters. The summed E-state index contributed by atoms with van der Waals surface area (Å²) in [7, 11) is 1.52. The monoisotopic (exact) mass is 238 g/mol. The van der Waals surface area contributed by atoms with Crippen LogP contribution < -0.4 is 16.2 Å². The van der Waals surface area contributed by atoms with E-state index in [2.05, 4.69) is 0 Å². The molecule has 0 heterocycles. The number of aliphatic carboxylic acids is 1. The summed E-state index contributed by atoms with van der Waals surface area (Å²) < 4.78 is 5.23. The first-order valence-electron chi connectivity index (χ1n) is 5.27. The van der Waals surface area contributed by atoms with Crippen molar-refractivity contribution in [2.75, 3.05) is 7.11 Å². The first kappa shape index (κ1) is 13.5. The molecule has 0 saturated heterocycles. The Kier molecular flexibility index (Phi) is 4.09. The van der Waals surface area contributed by atoms with Crippen LogP contribution in [0.5, 0.6) is 5.75 Å². The van der Waals surface area contributed by atoms with Crippen molar-refractivity contribution in [3.05, 3.63) is 28.8 Å². The summed E-state index contributed by atoms with van der Waals surface area (Å²) >= 11 is 0. The lowest BCUT2D eigenvalue weighted by Crippen LogP contribution is -2.41. The fourth-order valence-electron chi connectivity index (χ4n) is 1.87. The fraction of sp³-hybridized carbons (Fsp3) is 0.417. The molecule has 0 aliphatic heterocycles. The van der Waals surface area contributed by atoms with Gasteiger partial charge in [0.1, 0.15) is 11.8 Å². The number of nitrogens with two attached hydrogens (primary N) is 2. The molecule has 0 bridgehead atoms. The minimum absolute atomic E-state index is 0.576. The summed E-state index contributed by atoms with van der Waals surface area (Å²) in [4.78, 5) is 10.8. The molecule has 1 aromatic rings. The zero-order valence-corrected chi connectivity index (χ0v) is 10.2. The second kappa shape index (κ2) is 5.16. The zero-order valence-electron chi connectivity index (χ0n) is 10.2. The van der Waals surface area contributed by atoms with Gasteiger partial charge in [-0.15, -0.1) is 0 Å². The lowest BCUT2D eigenvalue weighted by Gasteiger charge is -2.21. The van der Waals surface area contributed by atoms with Crippen LogP contribution in [0.15, 0.2) is 12.1 Å². The Balaban J connectivity index is 3.25.